The molecule has 21 heavy (non-hydrogen) atoms. The predicted octanol–water partition coefficient (Wildman–Crippen LogP) is 4.73. The van der Waals surface area contributed by atoms with E-state index in [4.69, 9.17) is 26.1 Å². The van der Waals surface area contributed by atoms with Crippen molar-refractivity contribution in [2.45, 2.75) is 19.1 Å². The van der Waals surface area contributed by atoms with Crippen LogP contribution in [-0.4, -0.2) is 7.11 Å². The van der Waals surface area contributed by atoms with E-state index < -0.39 is 0 Å². The molecular formula is C17H17ClO3. The van der Waals surface area contributed by atoms with Crippen LogP contribution >= 0.6 is 11.6 Å². The Labute approximate surface area is 129 Å². The summed E-state index contributed by atoms with van der Waals surface area (Å²) in [5.74, 6) is 1.04. The summed E-state index contributed by atoms with van der Waals surface area (Å²) in [6, 6.07) is 15.6. The quantitative estimate of drug-likeness (QED) is 0.767. The van der Waals surface area contributed by atoms with Gasteiger partial charge in [0.05, 0.1) is 7.11 Å². The van der Waals surface area contributed by atoms with Crippen molar-refractivity contribution in [1.82, 2.24) is 0 Å². The maximum absolute atomic E-state index is 5.92. The Kier molecular flexibility index (Phi) is 4.15. The van der Waals surface area contributed by atoms with Crippen molar-refractivity contribution in [2.24, 2.45) is 5.92 Å². The molecule has 0 aliphatic carbocycles. The Bertz CT molecular complexity index is 594. The Balaban J connectivity index is 1.79. The first kappa shape index (κ1) is 14.4. The maximum Gasteiger partial charge on any atom is 0.123 e. The fourth-order valence-electron chi connectivity index (χ4n) is 2.62. The molecule has 110 valence electrons. The van der Waals surface area contributed by atoms with E-state index in [0.29, 0.717) is 0 Å². The molecule has 0 unspecified atom stereocenters. The largest absolute Gasteiger partial charge is 0.497 e. The lowest BCUT2D eigenvalue weighted by Crippen LogP contribution is -2.09. The van der Waals surface area contributed by atoms with E-state index >= 15 is 0 Å². The van der Waals surface area contributed by atoms with Crippen molar-refractivity contribution < 1.29 is 14.5 Å². The molecule has 0 N–H and O–H groups in total. The fourth-order valence-corrected chi connectivity index (χ4v) is 2.74. The molecule has 3 atom stereocenters. The molecule has 0 amide bonds. The Hall–Kier alpha value is -1.55. The van der Waals surface area contributed by atoms with Gasteiger partial charge in [-0.15, -0.1) is 0 Å². The highest BCUT2D eigenvalue weighted by Gasteiger charge is 2.37. The van der Waals surface area contributed by atoms with E-state index in [-0.39, 0.29) is 18.1 Å². The highest BCUT2D eigenvalue weighted by molar-refractivity contribution is 6.30. The summed E-state index contributed by atoms with van der Waals surface area (Å²) in [4.78, 5) is 11.1. The molecule has 2 aromatic carbocycles. The van der Waals surface area contributed by atoms with Crippen molar-refractivity contribution >= 4 is 11.6 Å². The summed E-state index contributed by atoms with van der Waals surface area (Å²) in [5, 5.41) is 0.719. The molecule has 0 radical (unpaired) electrons. The Morgan fingerprint density at radius 3 is 1.81 bits per heavy atom. The van der Waals surface area contributed by atoms with Crippen molar-refractivity contribution in [3.63, 3.8) is 0 Å². The first-order valence-corrected chi connectivity index (χ1v) is 7.28. The number of halogens is 1. The third-order valence-electron chi connectivity index (χ3n) is 3.86. The first-order chi connectivity index (χ1) is 10.2. The van der Waals surface area contributed by atoms with Crippen molar-refractivity contribution in [3.8, 4) is 5.75 Å². The molecule has 1 saturated heterocycles. The molecule has 1 fully saturated rings. The van der Waals surface area contributed by atoms with E-state index in [1.54, 1.807) is 7.11 Å². The van der Waals surface area contributed by atoms with Crippen molar-refractivity contribution in [1.29, 1.82) is 0 Å². The van der Waals surface area contributed by atoms with Gasteiger partial charge in [-0.1, -0.05) is 42.8 Å². The molecule has 0 bridgehead atoms. The summed E-state index contributed by atoms with van der Waals surface area (Å²) in [6.45, 7) is 2.13. The normalized spacial score (nSPS) is 25.0. The van der Waals surface area contributed by atoms with E-state index in [1.807, 2.05) is 48.5 Å². The monoisotopic (exact) mass is 304 g/mol. The van der Waals surface area contributed by atoms with Crippen LogP contribution < -0.4 is 4.74 Å². The molecule has 2 aromatic rings. The zero-order valence-corrected chi connectivity index (χ0v) is 12.7. The zero-order chi connectivity index (χ0) is 14.8. The lowest BCUT2D eigenvalue weighted by molar-refractivity contribution is -0.300. The van der Waals surface area contributed by atoms with Gasteiger partial charge in [0.25, 0.3) is 0 Å². The molecule has 0 spiro atoms. The lowest BCUT2D eigenvalue weighted by Gasteiger charge is -2.16. The van der Waals surface area contributed by atoms with Crippen LogP contribution in [0.25, 0.3) is 0 Å². The van der Waals surface area contributed by atoms with Crippen LogP contribution in [0.5, 0.6) is 5.75 Å². The summed E-state index contributed by atoms with van der Waals surface area (Å²) >= 11 is 5.92. The van der Waals surface area contributed by atoms with Gasteiger partial charge < -0.3 is 4.74 Å². The van der Waals surface area contributed by atoms with E-state index in [0.717, 1.165) is 21.9 Å². The van der Waals surface area contributed by atoms with E-state index in [2.05, 4.69) is 6.92 Å². The summed E-state index contributed by atoms with van der Waals surface area (Å²) in [5.41, 5.74) is 2.16. The molecule has 1 aliphatic rings. The van der Waals surface area contributed by atoms with Gasteiger partial charge in [-0.3, -0.25) is 0 Å². The minimum atomic E-state index is -0.0885. The van der Waals surface area contributed by atoms with Gasteiger partial charge in [0, 0.05) is 10.9 Å². The molecule has 0 saturated carbocycles. The van der Waals surface area contributed by atoms with Crippen molar-refractivity contribution in [3.05, 3.63) is 64.7 Å². The number of methoxy groups -OCH3 is 1. The van der Waals surface area contributed by atoms with Crippen LogP contribution in [0.15, 0.2) is 48.5 Å². The van der Waals surface area contributed by atoms with Crippen molar-refractivity contribution in [2.75, 3.05) is 7.11 Å². The van der Waals surface area contributed by atoms with Crippen LogP contribution in [0.2, 0.25) is 5.02 Å². The third kappa shape index (κ3) is 2.91. The summed E-state index contributed by atoms with van der Waals surface area (Å²) < 4.78 is 5.18. The maximum atomic E-state index is 5.92. The Morgan fingerprint density at radius 1 is 0.857 bits per heavy atom. The van der Waals surface area contributed by atoms with Gasteiger partial charge in [0.1, 0.15) is 18.0 Å². The topological polar surface area (TPSA) is 27.7 Å². The minimum absolute atomic E-state index is 0.0865. The van der Waals surface area contributed by atoms with E-state index in [1.165, 1.54) is 0 Å². The molecular weight excluding hydrogens is 288 g/mol. The van der Waals surface area contributed by atoms with Gasteiger partial charge in [-0.2, -0.15) is 0 Å². The van der Waals surface area contributed by atoms with Gasteiger partial charge in [0.15, 0.2) is 0 Å². The van der Waals surface area contributed by atoms with Gasteiger partial charge in [0.2, 0.25) is 0 Å². The molecule has 1 aliphatic heterocycles. The average molecular weight is 305 g/mol. The van der Waals surface area contributed by atoms with E-state index in [9.17, 15) is 0 Å². The second kappa shape index (κ2) is 6.06. The fraction of sp³-hybridized carbons (Fsp3) is 0.294. The Morgan fingerprint density at radius 2 is 1.33 bits per heavy atom. The number of ether oxygens (including phenoxy) is 1. The molecule has 1 heterocycles. The standard InChI is InChI=1S/C17H17ClO3/c1-11-16(12-3-7-14(18)8-4-12)20-21-17(11)13-5-9-15(19-2)10-6-13/h3-11,16-17H,1-2H3/t11-,16-,17-/m0/s1. The molecule has 4 heteroatoms. The smallest absolute Gasteiger partial charge is 0.123 e. The van der Waals surface area contributed by atoms with Crippen LogP contribution in [0.3, 0.4) is 0 Å². The van der Waals surface area contributed by atoms with Crippen LogP contribution in [0, 0.1) is 5.92 Å². The third-order valence-corrected chi connectivity index (χ3v) is 4.11. The second-order valence-corrected chi connectivity index (χ2v) is 5.65. The zero-order valence-electron chi connectivity index (χ0n) is 12.0. The molecule has 3 rings (SSSR count). The second-order valence-electron chi connectivity index (χ2n) is 5.22. The first-order valence-electron chi connectivity index (χ1n) is 6.90. The SMILES string of the molecule is COc1ccc([C@H]2OO[C@H](c3ccc(Cl)cc3)[C@@H]2C)cc1. The average Bonchev–Trinajstić information content (AvgIpc) is 2.90. The highest BCUT2D eigenvalue weighted by atomic mass is 35.5. The highest BCUT2D eigenvalue weighted by Crippen LogP contribution is 2.44. The van der Waals surface area contributed by atoms with Crippen LogP contribution in [-0.2, 0) is 9.78 Å². The molecule has 0 aromatic heterocycles. The number of benzene rings is 2. The lowest BCUT2D eigenvalue weighted by atomic mass is 9.89. The van der Waals surface area contributed by atoms with Crippen LogP contribution in [0.4, 0.5) is 0 Å². The van der Waals surface area contributed by atoms with Crippen LogP contribution in [0.1, 0.15) is 30.3 Å². The summed E-state index contributed by atoms with van der Waals surface area (Å²) in [7, 11) is 1.66. The number of rotatable bonds is 3. The molecule has 3 nitrogen and oxygen atoms in total. The summed E-state index contributed by atoms with van der Waals surface area (Å²) in [6.07, 6.45) is -0.175. The van der Waals surface area contributed by atoms with Gasteiger partial charge in [-0.05, 0) is 35.4 Å². The van der Waals surface area contributed by atoms with Gasteiger partial charge >= 0.3 is 0 Å². The number of hydrogen-bond acceptors (Lipinski definition) is 3. The van der Waals surface area contributed by atoms with Gasteiger partial charge in [-0.25, -0.2) is 9.78 Å². The predicted molar refractivity (Wildman–Crippen MR) is 81.3 cm³/mol. The number of hydrogen-bond donors (Lipinski definition) is 0. The minimum Gasteiger partial charge on any atom is -0.497 e.